The van der Waals surface area contributed by atoms with E-state index in [0.29, 0.717) is 0 Å². The Morgan fingerprint density at radius 2 is 2.00 bits per heavy atom. The molecule has 0 saturated carbocycles. The first kappa shape index (κ1) is 14.5. The predicted octanol–water partition coefficient (Wildman–Crippen LogP) is 2.22. The molecule has 1 aliphatic rings. The molecule has 0 bridgehead atoms. The van der Waals surface area contributed by atoms with Crippen molar-refractivity contribution in [2.45, 2.75) is 6.92 Å². The molecule has 1 aliphatic heterocycles. The maximum absolute atomic E-state index is 12.1. The van der Waals surface area contributed by atoms with Gasteiger partial charge >= 0.3 is 0 Å². The van der Waals surface area contributed by atoms with Crippen LogP contribution in [0.3, 0.4) is 0 Å². The van der Waals surface area contributed by atoms with Crippen LogP contribution < -0.4 is 5.32 Å². The molecule has 1 saturated heterocycles. The molecule has 3 nitrogen and oxygen atoms in total. The van der Waals surface area contributed by atoms with E-state index >= 15 is 0 Å². The molecule has 1 aromatic rings. The minimum Gasteiger partial charge on any atom is -0.336 e. The SMILES string of the molecule is Cc1ccc(C(=O)N2CCNCC2)cc1Br.Cl. The van der Waals surface area contributed by atoms with Crippen molar-refractivity contribution in [3.05, 3.63) is 33.8 Å². The van der Waals surface area contributed by atoms with E-state index in [1.807, 2.05) is 30.0 Å². The minimum absolute atomic E-state index is 0. The maximum atomic E-state index is 12.1. The summed E-state index contributed by atoms with van der Waals surface area (Å²) in [4.78, 5) is 14.0. The summed E-state index contributed by atoms with van der Waals surface area (Å²) >= 11 is 3.46. The van der Waals surface area contributed by atoms with Gasteiger partial charge in [-0.1, -0.05) is 22.0 Å². The van der Waals surface area contributed by atoms with E-state index in [2.05, 4.69) is 21.2 Å². The molecule has 0 aliphatic carbocycles. The molecule has 0 aromatic heterocycles. The van der Waals surface area contributed by atoms with Crippen LogP contribution in [-0.4, -0.2) is 37.0 Å². The Labute approximate surface area is 116 Å². The molecule has 1 N–H and O–H groups in total. The van der Waals surface area contributed by atoms with E-state index < -0.39 is 0 Å². The molecular formula is C12H16BrClN2O. The predicted molar refractivity (Wildman–Crippen MR) is 74.9 cm³/mol. The lowest BCUT2D eigenvalue weighted by Crippen LogP contribution is -2.46. The number of carbonyl (C=O) groups is 1. The highest BCUT2D eigenvalue weighted by Crippen LogP contribution is 2.18. The van der Waals surface area contributed by atoms with E-state index in [4.69, 9.17) is 0 Å². The second-order valence-electron chi connectivity index (χ2n) is 4.01. The van der Waals surface area contributed by atoms with Crippen molar-refractivity contribution in [2.24, 2.45) is 0 Å². The van der Waals surface area contributed by atoms with Gasteiger partial charge < -0.3 is 10.2 Å². The number of piperazine rings is 1. The van der Waals surface area contributed by atoms with Crippen LogP contribution in [0.2, 0.25) is 0 Å². The third-order valence-corrected chi connectivity index (χ3v) is 3.68. The van der Waals surface area contributed by atoms with Crippen molar-refractivity contribution in [1.29, 1.82) is 0 Å². The number of hydrogen-bond donors (Lipinski definition) is 1. The van der Waals surface area contributed by atoms with Gasteiger partial charge in [0.05, 0.1) is 0 Å². The number of carbonyl (C=O) groups excluding carboxylic acids is 1. The quantitative estimate of drug-likeness (QED) is 0.861. The summed E-state index contributed by atoms with van der Waals surface area (Å²) in [5.74, 6) is 0.127. The van der Waals surface area contributed by atoms with Gasteiger partial charge in [0.25, 0.3) is 5.91 Å². The highest BCUT2D eigenvalue weighted by Gasteiger charge is 2.17. The molecular weight excluding hydrogens is 304 g/mol. The van der Waals surface area contributed by atoms with Crippen molar-refractivity contribution in [3.63, 3.8) is 0 Å². The van der Waals surface area contributed by atoms with Gasteiger partial charge in [0, 0.05) is 36.2 Å². The third-order valence-electron chi connectivity index (χ3n) is 2.82. The fraction of sp³-hybridized carbons (Fsp3) is 0.417. The first-order valence-corrected chi connectivity index (χ1v) is 6.24. The summed E-state index contributed by atoms with van der Waals surface area (Å²) in [5.41, 5.74) is 1.91. The number of rotatable bonds is 1. The average Bonchev–Trinajstić information content (AvgIpc) is 2.33. The normalized spacial score (nSPS) is 15.3. The van der Waals surface area contributed by atoms with Gasteiger partial charge in [0.15, 0.2) is 0 Å². The Morgan fingerprint density at radius 3 is 2.59 bits per heavy atom. The van der Waals surface area contributed by atoms with Crippen molar-refractivity contribution in [3.8, 4) is 0 Å². The molecule has 2 rings (SSSR count). The molecule has 0 atom stereocenters. The number of amides is 1. The zero-order valence-electron chi connectivity index (χ0n) is 9.70. The number of hydrogen-bond acceptors (Lipinski definition) is 2. The Kier molecular flexibility index (Phi) is 5.43. The topological polar surface area (TPSA) is 32.3 Å². The van der Waals surface area contributed by atoms with Crippen LogP contribution in [0.1, 0.15) is 15.9 Å². The summed E-state index contributed by atoms with van der Waals surface area (Å²) in [7, 11) is 0. The fourth-order valence-corrected chi connectivity index (χ4v) is 2.16. The number of aryl methyl sites for hydroxylation is 1. The lowest BCUT2D eigenvalue weighted by molar-refractivity contribution is 0.0736. The van der Waals surface area contributed by atoms with Gasteiger partial charge in [-0.15, -0.1) is 12.4 Å². The first-order valence-electron chi connectivity index (χ1n) is 5.44. The lowest BCUT2D eigenvalue weighted by atomic mass is 10.1. The van der Waals surface area contributed by atoms with Gasteiger partial charge in [0.2, 0.25) is 0 Å². The Bertz CT molecular complexity index is 405. The van der Waals surface area contributed by atoms with Crippen LogP contribution >= 0.6 is 28.3 Å². The van der Waals surface area contributed by atoms with Crippen LogP contribution in [0, 0.1) is 6.92 Å². The standard InChI is InChI=1S/C12H15BrN2O.ClH/c1-9-2-3-10(8-11(9)13)12(16)15-6-4-14-5-7-15;/h2-3,8,14H,4-7H2,1H3;1H. The average molecular weight is 320 g/mol. The zero-order chi connectivity index (χ0) is 11.5. The molecule has 0 spiro atoms. The molecule has 1 amide bonds. The molecule has 17 heavy (non-hydrogen) atoms. The number of benzene rings is 1. The summed E-state index contributed by atoms with van der Waals surface area (Å²) in [6.07, 6.45) is 0. The van der Waals surface area contributed by atoms with E-state index in [1.165, 1.54) is 0 Å². The third kappa shape index (κ3) is 3.44. The molecule has 1 aromatic carbocycles. The van der Waals surface area contributed by atoms with E-state index in [9.17, 15) is 4.79 Å². The smallest absolute Gasteiger partial charge is 0.253 e. The van der Waals surface area contributed by atoms with Crippen LogP contribution in [0.15, 0.2) is 22.7 Å². The molecule has 1 heterocycles. The van der Waals surface area contributed by atoms with Crippen molar-refractivity contribution in [1.82, 2.24) is 10.2 Å². The zero-order valence-corrected chi connectivity index (χ0v) is 12.1. The highest BCUT2D eigenvalue weighted by molar-refractivity contribution is 9.10. The second-order valence-corrected chi connectivity index (χ2v) is 4.86. The van der Waals surface area contributed by atoms with Crippen LogP contribution in [0.5, 0.6) is 0 Å². The second kappa shape index (κ2) is 6.38. The van der Waals surface area contributed by atoms with Crippen molar-refractivity contribution >= 4 is 34.2 Å². The Morgan fingerprint density at radius 1 is 1.35 bits per heavy atom. The summed E-state index contributed by atoms with van der Waals surface area (Å²) in [6.45, 7) is 5.38. The van der Waals surface area contributed by atoms with Gasteiger partial charge in [-0.25, -0.2) is 0 Å². The fourth-order valence-electron chi connectivity index (χ4n) is 1.78. The summed E-state index contributed by atoms with van der Waals surface area (Å²) in [5, 5.41) is 3.24. The van der Waals surface area contributed by atoms with E-state index in [1.54, 1.807) is 0 Å². The Hall–Kier alpha value is -0.580. The van der Waals surface area contributed by atoms with Crippen molar-refractivity contribution < 1.29 is 4.79 Å². The minimum atomic E-state index is 0. The molecule has 0 radical (unpaired) electrons. The van der Waals surface area contributed by atoms with Gasteiger partial charge in [-0.05, 0) is 24.6 Å². The van der Waals surface area contributed by atoms with Gasteiger partial charge in [-0.2, -0.15) is 0 Å². The Balaban J connectivity index is 0.00000144. The number of nitrogens with zero attached hydrogens (tertiary/aromatic N) is 1. The molecule has 1 fully saturated rings. The monoisotopic (exact) mass is 318 g/mol. The van der Waals surface area contributed by atoms with E-state index in [0.717, 1.165) is 41.8 Å². The molecule has 5 heteroatoms. The largest absolute Gasteiger partial charge is 0.336 e. The molecule has 94 valence electrons. The first-order chi connectivity index (χ1) is 7.68. The highest BCUT2D eigenvalue weighted by atomic mass is 79.9. The van der Waals surface area contributed by atoms with Gasteiger partial charge in [0.1, 0.15) is 0 Å². The molecule has 0 unspecified atom stereocenters. The number of nitrogens with one attached hydrogen (secondary N) is 1. The van der Waals surface area contributed by atoms with Crippen LogP contribution in [-0.2, 0) is 0 Å². The summed E-state index contributed by atoms with van der Waals surface area (Å²) in [6, 6.07) is 5.77. The lowest BCUT2D eigenvalue weighted by Gasteiger charge is -2.27. The van der Waals surface area contributed by atoms with Crippen LogP contribution in [0.25, 0.3) is 0 Å². The van der Waals surface area contributed by atoms with E-state index in [-0.39, 0.29) is 18.3 Å². The summed E-state index contributed by atoms with van der Waals surface area (Å²) < 4.78 is 0.994. The van der Waals surface area contributed by atoms with Crippen LogP contribution in [0.4, 0.5) is 0 Å². The number of halogens is 2. The van der Waals surface area contributed by atoms with Gasteiger partial charge in [-0.3, -0.25) is 4.79 Å². The maximum Gasteiger partial charge on any atom is 0.253 e. The van der Waals surface area contributed by atoms with Crippen molar-refractivity contribution in [2.75, 3.05) is 26.2 Å².